The molecule has 0 unspecified atom stereocenters. The summed E-state index contributed by atoms with van der Waals surface area (Å²) < 4.78 is 24.6. The maximum absolute atomic E-state index is 13.6. The van der Waals surface area contributed by atoms with Crippen molar-refractivity contribution < 1.29 is 18.3 Å². The number of halogens is 1. The van der Waals surface area contributed by atoms with E-state index in [0.717, 1.165) is 12.8 Å². The van der Waals surface area contributed by atoms with Crippen LogP contribution in [0.5, 0.6) is 5.75 Å². The molecule has 0 radical (unpaired) electrons. The van der Waals surface area contributed by atoms with Crippen LogP contribution in [0.3, 0.4) is 0 Å². The van der Waals surface area contributed by atoms with Crippen LogP contribution in [0, 0.1) is 5.82 Å². The van der Waals surface area contributed by atoms with Crippen molar-refractivity contribution in [1.29, 1.82) is 0 Å². The van der Waals surface area contributed by atoms with Crippen LogP contribution in [-0.4, -0.2) is 27.4 Å². The van der Waals surface area contributed by atoms with Crippen LogP contribution in [0.2, 0.25) is 0 Å². The van der Waals surface area contributed by atoms with E-state index in [1.54, 1.807) is 26.0 Å². The predicted octanol–water partition coefficient (Wildman–Crippen LogP) is 3.11. The molecule has 0 saturated heterocycles. The standard InChI is InChI=1S/C16H18FN3O3S/c1-9(22-13-6-4-3-5-12(13)17)15-19-20-16(23-15)24-10(2)14(21)18-11-7-8-11/h3-6,9-11H,7-8H2,1-2H3,(H,18,21)/t9-,10+/m0/s1. The van der Waals surface area contributed by atoms with Gasteiger partial charge in [-0.05, 0) is 38.8 Å². The lowest BCUT2D eigenvalue weighted by molar-refractivity contribution is -0.120. The molecule has 6 nitrogen and oxygen atoms in total. The van der Waals surface area contributed by atoms with Crippen molar-refractivity contribution in [2.45, 2.75) is 49.3 Å². The quantitative estimate of drug-likeness (QED) is 0.773. The average Bonchev–Trinajstić information content (AvgIpc) is 3.24. The zero-order valence-electron chi connectivity index (χ0n) is 13.4. The van der Waals surface area contributed by atoms with Crippen LogP contribution in [0.15, 0.2) is 33.9 Å². The van der Waals surface area contributed by atoms with Crippen LogP contribution in [0.1, 0.15) is 38.7 Å². The fraction of sp³-hybridized carbons (Fsp3) is 0.438. The highest BCUT2D eigenvalue weighted by Gasteiger charge is 2.27. The van der Waals surface area contributed by atoms with Crippen molar-refractivity contribution in [3.8, 4) is 5.75 Å². The van der Waals surface area contributed by atoms with E-state index in [1.165, 1.54) is 23.9 Å². The normalized spacial score (nSPS) is 16.5. The van der Waals surface area contributed by atoms with E-state index in [-0.39, 0.29) is 28.0 Å². The Morgan fingerprint density at radius 2 is 2.12 bits per heavy atom. The minimum Gasteiger partial charge on any atom is -0.478 e. The van der Waals surface area contributed by atoms with E-state index in [9.17, 15) is 9.18 Å². The first-order chi connectivity index (χ1) is 11.5. The number of hydrogen-bond donors (Lipinski definition) is 1. The second-order valence-electron chi connectivity index (χ2n) is 5.64. The molecule has 8 heteroatoms. The fourth-order valence-electron chi connectivity index (χ4n) is 1.96. The van der Waals surface area contributed by atoms with Crippen molar-refractivity contribution in [3.63, 3.8) is 0 Å². The van der Waals surface area contributed by atoms with E-state index in [1.807, 2.05) is 0 Å². The Morgan fingerprint density at radius 1 is 1.38 bits per heavy atom. The number of carbonyl (C=O) groups excluding carboxylic acids is 1. The Labute approximate surface area is 143 Å². The molecule has 1 fully saturated rings. The number of para-hydroxylation sites is 1. The van der Waals surface area contributed by atoms with Gasteiger partial charge in [-0.15, -0.1) is 10.2 Å². The molecule has 24 heavy (non-hydrogen) atoms. The van der Waals surface area contributed by atoms with Gasteiger partial charge in [-0.2, -0.15) is 0 Å². The lowest BCUT2D eigenvalue weighted by atomic mass is 10.3. The number of nitrogens with zero attached hydrogens (tertiary/aromatic N) is 2. The van der Waals surface area contributed by atoms with Gasteiger partial charge in [0.2, 0.25) is 5.91 Å². The average molecular weight is 351 g/mol. The van der Waals surface area contributed by atoms with E-state index in [0.29, 0.717) is 6.04 Å². The number of ether oxygens (including phenoxy) is 1. The SMILES string of the molecule is C[C@H](Oc1ccccc1F)c1nnc(S[C@H](C)C(=O)NC2CC2)o1. The first kappa shape index (κ1) is 16.8. The summed E-state index contributed by atoms with van der Waals surface area (Å²) in [7, 11) is 0. The summed E-state index contributed by atoms with van der Waals surface area (Å²) in [5.74, 6) is -0.146. The largest absolute Gasteiger partial charge is 0.478 e. The number of rotatable bonds is 7. The molecule has 3 rings (SSSR count). The highest BCUT2D eigenvalue weighted by Crippen LogP contribution is 2.28. The second kappa shape index (κ2) is 7.21. The van der Waals surface area contributed by atoms with Gasteiger partial charge in [0, 0.05) is 6.04 Å². The van der Waals surface area contributed by atoms with Gasteiger partial charge in [0.05, 0.1) is 5.25 Å². The maximum atomic E-state index is 13.6. The summed E-state index contributed by atoms with van der Waals surface area (Å²) in [4.78, 5) is 11.9. The molecule has 0 spiro atoms. The summed E-state index contributed by atoms with van der Waals surface area (Å²) in [6.45, 7) is 3.48. The monoisotopic (exact) mass is 351 g/mol. The van der Waals surface area contributed by atoms with Crippen LogP contribution < -0.4 is 10.1 Å². The lowest BCUT2D eigenvalue weighted by Crippen LogP contribution is -2.32. The number of aromatic nitrogens is 2. The van der Waals surface area contributed by atoms with E-state index < -0.39 is 11.9 Å². The first-order valence-corrected chi connectivity index (χ1v) is 8.62. The van der Waals surface area contributed by atoms with Gasteiger partial charge in [0.25, 0.3) is 11.1 Å². The number of benzene rings is 1. The highest BCUT2D eigenvalue weighted by molar-refractivity contribution is 8.00. The molecular formula is C16H18FN3O3S. The second-order valence-corrected chi connectivity index (χ2v) is 6.93. The van der Waals surface area contributed by atoms with Crippen LogP contribution in [0.4, 0.5) is 4.39 Å². The van der Waals surface area contributed by atoms with Gasteiger partial charge in [0.15, 0.2) is 17.7 Å². The van der Waals surface area contributed by atoms with Gasteiger partial charge < -0.3 is 14.5 Å². The van der Waals surface area contributed by atoms with Crippen LogP contribution in [0.25, 0.3) is 0 Å². The molecule has 1 aromatic heterocycles. The molecule has 2 aromatic rings. The number of nitrogens with one attached hydrogen (secondary N) is 1. The predicted molar refractivity (Wildman–Crippen MR) is 86.2 cm³/mol. The Morgan fingerprint density at radius 3 is 2.83 bits per heavy atom. The van der Waals surface area contributed by atoms with Crippen molar-refractivity contribution in [2.75, 3.05) is 0 Å². The fourth-order valence-corrected chi connectivity index (χ4v) is 2.66. The molecule has 1 saturated carbocycles. The van der Waals surface area contributed by atoms with E-state index in [4.69, 9.17) is 9.15 Å². The summed E-state index contributed by atoms with van der Waals surface area (Å²) in [6.07, 6.45) is 1.48. The summed E-state index contributed by atoms with van der Waals surface area (Å²) in [6, 6.07) is 6.43. The molecule has 0 bridgehead atoms. The zero-order valence-corrected chi connectivity index (χ0v) is 14.2. The van der Waals surface area contributed by atoms with Gasteiger partial charge in [-0.1, -0.05) is 23.9 Å². The Balaban J connectivity index is 1.58. The van der Waals surface area contributed by atoms with Crippen molar-refractivity contribution in [3.05, 3.63) is 36.0 Å². The van der Waals surface area contributed by atoms with Gasteiger partial charge in [-0.3, -0.25) is 4.79 Å². The number of amides is 1. The third kappa shape index (κ3) is 4.25. The summed E-state index contributed by atoms with van der Waals surface area (Å²) >= 11 is 1.19. The Bertz CT molecular complexity index is 720. The Hall–Kier alpha value is -2.09. The van der Waals surface area contributed by atoms with Crippen molar-refractivity contribution >= 4 is 17.7 Å². The lowest BCUT2D eigenvalue weighted by Gasteiger charge is -2.11. The molecule has 1 aromatic carbocycles. The first-order valence-electron chi connectivity index (χ1n) is 7.74. The molecular weight excluding hydrogens is 333 g/mol. The highest BCUT2D eigenvalue weighted by atomic mass is 32.2. The number of thioether (sulfide) groups is 1. The minimum atomic E-state index is -0.598. The number of hydrogen-bond acceptors (Lipinski definition) is 6. The minimum absolute atomic E-state index is 0.0436. The van der Waals surface area contributed by atoms with Crippen molar-refractivity contribution in [1.82, 2.24) is 15.5 Å². The molecule has 1 amide bonds. The molecule has 1 heterocycles. The van der Waals surface area contributed by atoms with Crippen LogP contribution in [-0.2, 0) is 4.79 Å². The molecule has 128 valence electrons. The van der Waals surface area contributed by atoms with Gasteiger partial charge in [0.1, 0.15) is 0 Å². The topological polar surface area (TPSA) is 77.2 Å². The Kier molecular flexibility index (Phi) is 5.03. The molecule has 2 atom stereocenters. The van der Waals surface area contributed by atoms with E-state index >= 15 is 0 Å². The van der Waals surface area contributed by atoms with Gasteiger partial charge >= 0.3 is 0 Å². The van der Waals surface area contributed by atoms with Crippen LogP contribution >= 0.6 is 11.8 Å². The summed E-state index contributed by atoms with van der Waals surface area (Å²) in [5.41, 5.74) is 0. The maximum Gasteiger partial charge on any atom is 0.277 e. The molecule has 1 aliphatic carbocycles. The zero-order chi connectivity index (χ0) is 17.1. The number of carbonyl (C=O) groups is 1. The van der Waals surface area contributed by atoms with Gasteiger partial charge in [-0.25, -0.2) is 4.39 Å². The third-order valence-electron chi connectivity index (χ3n) is 3.48. The molecule has 0 aliphatic heterocycles. The molecule has 1 aliphatic rings. The van der Waals surface area contributed by atoms with Crippen molar-refractivity contribution in [2.24, 2.45) is 0 Å². The van der Waals surface area contributed by atoms with E-state index in [2.05, 4.69) is 15.5 Å². The third-order valence-corrected chi connectivity index (χ3v) is 4.42. The molecule has 1 N–H and O–H groups in total. The summed E-state index contributed by atoms with van der Waals surface area (Å²) in [5, 5.41) is 10.7. The smallest absolute Gasteiger partial charge is 0.277 e.